The fraction of sp³-hybridized carbons (Fsp3) is 0.188. The van der Waals surface area contributed by atoms with Crippen molar-refractivity contribution in [2.45, 2.75) is 20.0 Å². The van der Waals surface area contributed by atoms with E-state index in [0.717, 1.165) is 12.1 Å². The third kappa shape index (κ3) is 3.20. The molecule has 0 unspecified atom stereocenters. The molecular weight excluding hydrogens is 262 g/mol. The first-order valence-electron chi connectivity index (χ1n) is 6.24. The fourth-order valence-corrected chi connectivity index (χ4v) is 1.76. The number of ketones is 1. The number of hydrogen-bond donors (Lipinski definition) is 0. The summed E-state index contributed by atoms with van der Waals surface area (Å²) in [4.78, 5) is 12.1. The van der Waals surface area contributed by atoms with Crippen molar-refractivity contribution in [1.29, 1.82) is 0 Å². The minimum Gasteiger partial charge on any atom is -0.491 e. The van der Waals surface area contributed by atoms with Crippen LogP contribution >= 0.6 is 0 Å². The van der Waals surface area contributed by atoms with E-state index in [2.05, 4.69) is 0 Å². The summed E-state index contributed by atoms with van der Waals surface area (Å²) in [5.74, 6) is -1.71. The zero-order chi connectivity index (χ0) is 14.7. The molecule has 0 saturated carbocycles. The van der Waals surface area contributed by atoms with Gasteiger partial charge in [-0.25, -0.2) is 8.78 Å². The van der Waals surface area contributed by atoms with Crippen molar-refractivity contribution in [3.8, 4) is 5.75 Å². The van der Waals surface area contributed by atoms with Gasteiger partial charge in [-0.15, -0.1) is 0 Å². The number of carbonyl (C=O) groups is 1. The molecule has 0 fully saturated rings. The molecule has 0 radical (unpaired) electrons. The van der Waals surface area contributed by atoms with Crippen molar-refractivity contribution in [2.24, 2.45) is 0 Å². The maximum atomic E-state index is 13.1. The van der Waals surface area contributed by atoms with E-state index < -0.39 is 11.6 Å². The second-order valence-corrected chi connectivity index (χ2v) is 4.65. The van der Waals surface area contributed by atoms with Gasteiger partial charge in [0.05, 0.1) is 6.10 Å². The maximum absolute atomic E-state index is 13.1. The number of benzene rings is 2. The first-order valence-corrected chi connectivity index (χ1v) is 6.24. The fourth-order valence-electron chi connectivity index (χ4n) is 1.76. The number of hydrogen-bond acceptors (Lipinski definition) is 2. The summed E-state index contributed by atoms with van der Waals surface area (Å²) >= 11 is 0. The Morgan fingerprint density at radius 2 is 1.55 bits per heavy atom. The van der Waals surface area contributed by atoms with E-state index in [-0.39, 0.29) is 17.5 Å². The summed E-state index contributed by atoms with van der Waals surface area (Å²) in [5, 5.41) is 0. The van der Waals surface area contributed by atoms with Crippen LogP contribution in [0, 0.1) is 11.6 Å². The molecular formula is C16H14F2O2. The van der Waals surface area contributed by atoms with Crippen LogP contribution in [0.15, 0.2) is 42.5 Å². The molecule has 0 amide bonds. The largest absolute Gasteiger partial charge is 0.491 e. The lowest BCUT2D eigenvalue weighted by Gasteiger charge is -2.09. The van der Waals surface area contributed by atoms with Crippen LogP contribution in [0.25, 0.3) is 0 Å². The lowest BCUT2D eigenvalue weighted by molar-refractivity contribution is 0.103. The van der Waals surface area contributed by atoms with Crippen molar-refractivity contribution in [2.75, 3.05) is 0 Å². The van der Waals surface area contributed by atoms with Gasteiger partial charge < -0.3 is 4.74 Å². The highest BCUT2D eigenvalue weighted by molar-refractivity contribution is 6.09. The van der Waals surface area contributed by atoms with Gasteiger partial charge in [0.2, 0.25) is 0 Å². The molecule has 0 saturated heterocycles. The van der Waals surface area contributed by atoms with Crippen LogP contribution in [0.4, 0.5) is 8.78 Å². The molecule has 0 aliphatic rings. The molecule has 0 aromatic heterocycles. The third-order valence-electron chi connectivity index (χ3n) is 2.67. The lowest BCUT2D eigenvalue weighted by atomic mass is 10.0. The molecule has 4 heteroatoms. The highest BCUT2D eigenvalue weighted by Crippen LogP contribution is 2.17. The Morgan fingerprint density at radius 3 is 2.10 bits per heavy atom. The molecule has 2 aromatic carbocycles. The van der Waals surface area contributed by atoms with E-state index in [4.69, 9.17) is 4.74 Å². The zero-order valence-electron chi connectivity index (χ0n) is 11.2. The molecule has 20 heavy (non-hydrogen) atoms. The van der Waals surface area contributed by atoms with E-state index >= 15 is 0 Å². The molecule has 2 aromatic rings. The van der Waals surface area contributed by atoms with Gasteiger partial charge in [-0.3, -0.25) is 4.79 Å². The first-order chi connectivity index (χ1) is 9.47. The van der Waals surface area contributed by atoms with E-state index in [1.54, 1.807) is 24.3 Å². The Hall–Kier alpha value is -2.23. The van der Waals surface area contributed by atoms with Gasteiger partial charge in [0.15, 0.2) is 17.4 Å². The lowest BCUT2D eigenvalue weighted by Crippen LogP contribution is -2.06. The van der Waals surface area contributed by atoms with Crippen LogP contribution in [0.1, 0.15) is 29.8 Å². The summed E-state index contributed by atoms with van der Waals surface area (Å²) in [5.41, 5.74) is 0.508. The monoisotopic (exact) mass is 276 g/mol. The smallest absolute Gasteiger partial charge is 0.193 e. The topological polar surface area (TPSA) is 26.3 Å². The van der Waals surface area contributed by atoms with Gasteiger partial charge in [0.1, 0.15) is 5.75 Å². The van der Waals surface area contributed by atoms with E-state index in [0.29, 0.717) is 11.3 Å². The minimum absolute atomic E-state index is 0.0442. The Labute approximate surface area is 116 Å². The zero-order valence-corrected chi connectivity index (χ0v) is 11.2. The number of carbonyl (C=O) groups excluding carboxylic acids is 1. The van der Waals surface area contributed by atoms with Crippen LogP contribution < -0.4 is 4.74 Å². The Kier molecular flexibility index (Phi) is 4.13. The van der Waals surface area contributed by atoms with Gasteiger partial charge in [-0.1, -0.05) is 0 Å². The predicted molar refractivity (Wildman–Crippen MR) is 72.0 cm³/mol. The van der Waals surface area contributed by atoms with Crippen LogP contribution in [-0.2, 0) is 0 Å². The minimum atomic E-state index is -1.03. The molecule has 0 spiro atoms. The van der Waals surface area contributed by atoms with Gasteiger partial charge in [-0.2, -0.15) is 0 Å². The maximum Gasteiger partial charge on any atom is 0.193 e. The van der Waals surface area contributed by atoms with Crippen LogP contribution in [-0.4, -0.2) is 11.9 Å². The highest BCUT2D eigenvalue weighted by Gasteiger charge is 2.12. The van der Waals surface area contributed by atoms with Crippen molar-refractivity contribution in [3.05, 3.63) is 65.2 Å². The number of rotatable bonds is 4. The van der Waals surface area contributed by atoms with E-state index in [9.17, 15) is 13.6 Å². The SMILES string of the molecule is CC(C)Oc1ccc(C(=O)c2ccc(F)c(F)c2)cc1. The first kappa shape index (κ1) is 14.2. The Balaban J connectivity index is 2.22. The molecule has 0 aliphatic carbocycles. The third-order valence-corrected chi connectivity index (χ3v) is 2.67. The van der Waals surface area contributed by atoms with Crippen LogP contribution in [0.2, 0.25) is 0 Å². The molecule has 0 N–H and O–H groups in total. The molecule has 0 atom stereocenters. The predicted octanol–water partition coefficient (Wildman–Crippen LogP) is 3.98. The summed E-state index contributed by atoms with van der Waals surface area (Å²) < 4.78 is 31.4. The normalized spacial score (nSPS) is 10.7. The quantitative estimate of drug-likeness (QED) is 0.789. The van der Waals surface area contributed by atoms with Crippen molar-refractivity contribution in [1.82, 2.24) is 0 Å². The molecule has 0 bridgehead atoms. The highest BCUT2D eigenvalue weighted by atomic mass is 19.2. The molecule has 0 heterocycles. The van der Waals surface area contributed by atoms with Crippen LogP contribution in [0.5, 0.6) is 5.75 Å². The van der Waals surface area contributed by atoms with Gasteiger partial charge >= 0.3 is 0 Å². The average Bonchev–Trinajstić information content (AvgIpc) is 2.41. The molecule has 2 nitrogen and oxygen atoms in total. The number of ether oxygens (including phenoxy) is 1. The van der Waals surface area contributed by atoms with Gasteiger partial charge in [0, 0.05) is 11.1 Å². The average molecular weight is 276 g/mol. The van der Waals surface area contributed by atoms with E-state index in [1.807, 2.05) is 13.8 Å². The second-order valence-electron chi connectivity index (χ2n) is 4.65. The molecule has 2 rings (SSSR count). The van der Waals surface area contributed by atoms with Gasteiger partial charge in [-0.05, 0) is 56.3 Å². The Bertz CT molecular complexity index is 619. The van der Waals surface area contributed by atoms with E-state index in [1.165, 1.54) is 6.07 Å². The van der Waals surface area contributed by atoms with Crippen molar-refractivity contribution >= 4 is 5.78 Å². The van der Waals surface area contributed by atoms with Crippen molar-refractivity contribution < 1.29 is 18.3 Å². The molecule has 0 aliphatic heterocycles. The molecule has 104 valence electrons. The number of halogens is 2. The summed E-state index contributed by atoms with van der Waals surface area (Å²) in [6.07, 6.45) is 0.0442. The second kappa shape index (κ2) is 5.82. The summed E-state index contributed by atoms with van der Waals surface area (Å²) in [7, 11) is 0. The van der Waals surface area contributed by atoms with Crippen molar-refractivity contribution in [3.63, 3.8) is 0 Å². The van der Waals surface area contributed by atoms with Crippen LogP contribution in [0.3, 0.4) is 0 Å². The summed E-state index contributed by atoms with van der Waals surface area (Å²) in [6.45, 7) is 3.81. The standard InChI is InChI=1S/C16H14F2O2/c1-10(2)20-13-6-3-11(4-7-13)16(19)12-5-8-14(17)15(18)9-12/h3-10H,1-2H3. The van der Waals surface area contributed by atoms with Gasteiger partial charge in [0.25, 0.3) is 0 Å². The summed E-state index contributed by atoms with van der Waals surface area (Å²) in [6, 6.07) is 9.65. The Morgan fingerprint density at radius 1 is 0.950 bits per heavy atom.